The molecule has 0 spiro atoms. The molecule has 0 unspecified atom stereocenters. The van der Waals surface area contributed by atoms with Crippen molar-refractivity contribution in [1.82, 2.24) is 5.32 Å². The third-order valence-electron chi connectivity index (χ3n) is 3.86. The summed E-state index contributed by atoms with van der Waals surface area (Å²) in [7, 11) is 1.65. The Bertz CT molecular complexity index is 674. The van der Waals surface area contributed by atoms with Crippen molar-refractivity contribution < 1.29 is 18.9 Å². The van der Waals surface area contributed by atoms with Gasteiger partial charge in [-0.3, -0.25) is 0 Å². The third-order valence-corrected chi connectivity index (χ3v) is 3.86. The molecule has 1 atom stereocenters. The van der Waals surface area contributed by atoms with Crippen molar-refractivity contribution in [2.45, 2.75) is 13.0 Å². The Labute approximate surface area is 142 Å². The standard InChI is InChI=1S/C19H23NO4/c1-14-6-5-9-18(21-2)19(14)22-11-10-20-12-15-13-23-16-7-3-4-8-17(16)24-15/h3-9,15,20H,10-13H2,1-2H3/t15-/m0/s1. The summed E-state index contributed by atoms with van der Waals surface area (Å²) in [6.07, 6.45) is 0.00731. The van der Waals surface area contributed by atoms with Crippen molar-refractivity contribution in [3.05, 3.63) is 48.0 Å². The molecule has 1 N–H and O–H groups in total. The molecule has 128 valence electrons. The molecule has 0 saturated carbocycles. The number of aryl methyl sites for hydroxylation is 1. The first-order valence-electron chi connectivity index (χ1n) is 8.13. The lowest BCUT2D eigenvalue weighted by atomic mass is 10.2. The maximum Gasteiger partial charge on any atom is 0.164 e. The van der Waals surface area contributed by atoms with Gasteiger partial charge in [0.2, 0.25) is 0 Å². The van der Waals surface area contributed by atoms with Gasteiger partial charge in [-0.25, -0.2) is 0 Å². The number of para-hydroxylation sites is 3. The number of nitrogens with one attached hydrogen (secondary N) is 1. The van der Waals surface area contributed by atoms with Crippen LogP contribution in [-0.2, 0) is 0 Å². The zero-order valence-electron chi connectivity index (χ0n) is 14.1. The number of rotatable bonds is 7. The zero-order valence-corrected chi connectivity index (χ0v) is 14.1. The largest absolute Gasteiger partial charge is 0.493 e. The zero-order chi connectivity index (χ0) is 16.8. The summed E-state index contributed by atoms with van der Waals surface area (Å²) >= 11 is 0. The molecule has 0 bridgehead atoms. The van der Waals surface area contributed by atoms with E-state index in [4.69, 9.17) is 18.9 Å². The second-order valence-corrected chi connectivity index (χ2v) is 5.66. The summed E-state index contributed by atoms with van der Waals surface area (Å²) in [5, 5.41) is 3.34. The average molecular weight is 329 g/mol. The number of ether oxygens (including phenoxy) is 4. The van der Waals surface area contributed by atoms with Crippen LogP contribution in [-0.4, -0.2) is 39.5 Å². The van der Waals surface area contributed by atoms with Crippen LogP contribution < -0.4 is 24.3 Å². The van der Waals surface area contributed by atoms with Crippen LogP contribution in [0.5, 0.6) is 23.0 Å². The van der Waals surface area contributed by atoms with E-state index in [1.807, 2.05) is 49.4 Å². The molecular weight excluding hydrogens is 306 g/mol. The first-order valence-corrected chi connectivity index (χ1v) is 8.13. The van der Waals surface area contributed by atoms with Crippen LogP contribution in [0.15, 0.2) is 42.5 Å². The normalized spacial score (nSPS) is 15.8. The molecule has 5 heteroatoms. The van der Waals surface area contributed by atoms with Crippen molar-refractivity contribution >= 4 is 0 Å². The Hall–Kier alpha value is -2.40. The van der Waals surface area contributed by atoms with Crippen molar-refractivity contribution in [2.24, 2.45) is 0 Å². The van der Waals surface area contributed by atoms with Gasteiger partial charge in [-0.15, -0.1) is 0 Å². The molecule has 2 aromatic carbocycles. The highest BCUT2D eigenvalue weighted by Crippen LogP contribution is 2.31. The van der Waals surface area contributed by atoms with Crippen LogP contribution in [0.1, 0.15) is 5.56 Å². The molecule has 24 heavy (non-hydrogen) atoms. The first kappa shape index (κ1) is 16.5. The van der Waals surface area contributed by atoms with E-state index in [1.165, 1.54) is 0 Å². The minimum absolute atomic E-state index is 0.00731. The monoisotopic (exact) mass is 329 g/mol. The molecule has 5 nitrogen and oxygen atoms in total. The second-order valence-electron chi connectivity index (χ2n) is 5.66. The van der Waals surface area contributed by atoms with E-state index in [-0.39, 0.29) is 6.10 Å². The predicted octanol–water partition coefficient (Wildman–Crippen LogP) is 2.81. The second kappa shape index (κ2) is 7.93. The Balaban J connectivity index is 1.41. The summed E-state index contributed by atoms with van der Waals surface area (Å²) in [5.41, 5.74) is 1.06. The molecule has 1 heterocycles. The SMILES string of the molecule is COc1cccc(C)c1OCCNC[C@H]1COc2ccccc2O1. The molecular formula is C19H23NO4. The van der Waals surface area contributed by atoms with Gasteiger partial charge in [0, 0.05) is 13.1 Å². The molecule has 0 aliphatic carbocycles. The molecule has 0 amide bonds. The molecule has 0 radical (unpaired) electrons. The average Bonchev–Trinajstić information content (AvgIpc) is 2.62. The third kappa shape index (κ3) is 3.92. The van der Waals surface area contributed by atoms with Crippen molar-refractivity contribution in [3.63, 3.8) is 0 Å². The summed E-state index contributed by atoms with van der Waals surface area (Å²) < 4.78 is 22.8. The number of hydrogen-bond acceptors (Lipinski definition) is 5. The van der Waals surface area contributed by atoms with Gasteiger partial charge in [-0.05, 0) is 30.7 Å². The topological polar surface area (TPSA) is 49.0 Å². The number of methoxy groups -OCH3 is 1. The molecule has 1 aliphatic heterocycles. The minimum Gasteiger partial charge on any atom is -0.493 e. The summed E-state index contributed by atoms with van der Waals surface area (Å²) in [6.45, 7) is 4.55. The fourth-order valence-electron chi connectivity index (χ4n) is 2.62. The highest BCUT2D eigenvalue weighted by molar-refractivity contribution is 5.45. The summed E-state index contributed by atoms with van der Waals surface area (Å²) in [6, 6.07) is 13.6. The molecule has 3 rings (SSSR count). The number of fused-ring (bicyclic) bond motifs is 1. The molecule has 0 fully saturated rings. The van der Waals surface area contributed by atoms with Crippen LogP contribution >= 0.6 is 0 Å². The van der Waals surface area contributed by atoms with Gasteiger partial charge in [0.15, 0.2) is 23.0 Å². The van der Waals surface area contributed by atoms with E-state index >= 15 is 0 Å². The van der Waals surface area contributed by atoms with Gasteiger partial charge < -0.3 is 24.3 Å². The van der Waals surface area contributed by atoms with E-state index < -0.39 is 0 Å². The van der Waals surface area contributed by atoms with Gasteiger partial charge in [0.1, 0.15) is 19.3 Å². The Morgan fingerprint density at radius 1 is 1.12 bits per heavy atom. The van der Waals surface area contributed by atoms with E-state index in [0.29, 0.717) is 19.8 Å². The number of benzene rings is 2. The maximum atomic E-state index is 5.90. The van der Waals surface area contributed by atoms with E-state index in [0.717, 1.165) is 35.1 Å². The smallest absolute Gasteiger partial charge is 0.164 e. The van der Waals surface area contributed by atoms with Crippen molar-refractivity contribution in [3.8, 4) is 23.0 Å². The summed E-state index contributed by atoms with van der Waals surface area (Å²) in [4.78, 5) is 0. The minimum atomic E-state index is 0.00731. The fourth-order valence-corrected chi connectivity index (χ4v) is 2.62. The Morgan fingerprint density at radius 3 is 2.79 bits per heavy atom. The van der Waals surface area contributed by atoms with Crippen LogP contribution in [0.4, 0.5) is 0 Å². The van der Waals surface area contributed by atoms with E-state index in [2.05, 4.69) is 5.32 Å². The quantitative estimate of drug-likeness (QED) is 0.792. The van der Waals surface area contributed by atoms with Crippen LogP contribution in [0.2, 0.25) is 0 Å². The maximum absolute atomic E-state index is 5.90. The van der Waals surface area contributed by atoms with Crippen molar-refractivity contribution in [1.29, 1.82) is 0 Å². The van der Waals surface area contributed by atoms with E-state index in [1.54, 1.807) is 7.11 Å². The van der Waals surface area contributed by atoms with Gasteiger partial charge >= 0.3 is 0 Å². The van der Waals surface area contributed by atoms with Crippen molar-refractivity contribution in [2.75, 3.05) is 33.4 Å². The van der Waals surface area contributed by atoms with E-state index in [9.17, 15) is 0 Å². The van der Waals surface area contributed by atoms with Gasteiger partial charge in [-0.2, -0.15) is 0 Å². The van der Waals surface area contributed by atoms with Crippen LogP contribution in [0.25, 0.3) is 0 Å². The Kier molecular flexibility index (Phi) is 5.43. The number of hydrogen-bond donors (Lipinski definition) is 1. The predicted molar refractivity (Wildman–Crippen MR) is 92.4 cm³/mol. The Morgan fingerprint density at radius 2 is 1.96 bits per heavy atom. The highest BCUT2D eigenvalue weighted by Gasteiger charge is 2.19. The lowest BCUT2D eigenvalue weighted by Gasteiger charge is -2.26. The fraction of sp³-hybridized carbons (Fsp3) is 0.368. The molecule has 0 aromatic heterocycles. The first-order chi connectivity index (χ1) is 11.8. The summed E-state index contributed by atoms with van der Waals surface area (Å²) in [5.74, 6) is 3.17. The molecule has 2 aromatic rings. The van der Waals surface area contributed by atoms with Gasteiger partial charge in [0.05, 0.1) is 7.11 Å². The van der Waals surface area contributed by atoms with Gasteiger partial charge in [-0.1, -0.05) is 24.3 Å². The lowest BCUT2D eigenvalue weighted by molar-refractivity contribution is 0.0897. The molecule has 1 aliphatic rings. The lowest BCUT2D eigenvalue weighted by Crippen LogP contribution is -2.39. The van der Waals surface area contributed by atoms with Crippen LogP contribution in [0.3, 0.4) is 0 Å². The molecule has 0 saturated heterocycles. The highest BCUT2D eigenvalue weighted by atomic mass is 16.6. The van der Waals surface area contributed by atoms with Gasteiger partial charge in [0.25, 0.3) is 0 Å². The van der Waals surface area contributed by atoms with Crippen LogP contribution in [0, 0.1) is 6.92 Å².